The molecule has 0 bridgehead atoms. The Bertz CT molecular complexity index is 582. The number of nitrogens with two attached hydrogens (primary N) is 1. The van der Waals surface area contributed by atoms with Crippen molar-refractivity contribution in [1.82, 2.24) is 15.4 Å². The number of benzene rings is 1. The van der Waals surface area contributed by atoms with Crippen LogP contribution in [0.2, 0.25) is 0 Å². The summed E-state index contributed by atoms with van der Waals surface area (Å²) in [5.41, 5.74) is 6.70. The maximum atomic E-state index is 5.71. The predicted octanol–water partition coefficient (Wildman–Crippen LogP) is 1.27. The normalized spacial score (nSPS) is 14.8. The Hall–Kier alpha value is -1.98. The van der Waals surface area contributed by atoms with Crippen molar-refractivity contribution in [2.45, 2.75) is 19.4 Å². The van der Waals surface area contributed by atoms with E-state index in [1.807, 2.05) is 19.1 Å². The molecule has 0 saturated carbocycles. The molecule has 3 rings (SSSR count). The Morgan fingerprint density at radius 2 is 2.21 bits per heavy atom. The SMILES string of the molecule is Cc1cnc(C(NN)c2cccc3c2OCC3)cn1. The van der Waals surface area contributed by atoms with Gasteiger partial charge in [0.2, 0.25) is 0 Å². The predicted molar refractivity (Wildman–Crippen MR) is 71.6 cm³/mol. The zero-order valence-electron chi connectivity index (χ0n) is 10.8. The van der Waals surface area contributed by atoms with Gasteiger partial charge in [-0.25, -0.2) is 5.43 Å². The third-order valence-electron chi connectivity index (χ3n) is 3.32. The zero-order valence-corrected chi connectivity index (χ0v) is 10.8. The first kappa shape index (κ1) is 12.1. The molecule has 0 radical (unpaired) electrons. The van der Waals surface area contributed by atoms with Crippen LogP contribution in [-0.4, -0.2) is 16.6 Å². The van der Waals surface area contributed by atoms with Crippen molar-refractivity contribution in [2.24, 2.45) is 5.84 Å². The highest BCUT2D eigenvalue weighted by Gasteiger charge is 2.23. The van der Waals surface area contributed by atoms with Gasteiger partial charge in [0.15, 0.2) is 0 Å². The summed E-state index contributed by atoms with van der Waals surface area (Å²) in [6.07, 6.45) is 4.43. The Balaban J connectivity index is 2.03. The second kappa shape index (κ2) is 4.95. The van der Waals surface area contributed by atoms with Crippen LogP contribution in [0.15, 0.2) is 30.6 Å². The lowest BCUT2D eigenvalue weighted by Gasteiger charge is -2.18. The fourth-order valence-electron chi connectivity index (χ4n) is 2.35. The highest BCUT2D eigenvalue weighted by Crippen LogP contribution is 2.35. The number of hydrogen-bond donors (Lipinski definition) is 2. The molecule has 1 aliphatic heterocycles. The molecule has 1 unspecified atom stereocenters. The third-order valence-corrected chi connectivity index (χ3v) is 3.32. The van der Waals surface area contributed by atoms with E-state index in [4.69, 9.17) is 10.6 Å². The average molecular weight is 256 g/mol. The molecule has 1 atom stereocenters. The molecule has 98 valence electrons. The van der Waals surface area contributed by atoms with Crippen LogP contribution in [0.1, 0.15) is 28.6 Å². The Morgan fingerprint density at radius 3 is 2.95 bits per heavy atom. The van der Waals surface area contributed by atoms with Crippen molar-refractivity contribution in [3.8, 4) is 5.75 Å². The van der Waals surface area contributed by atoms with Crippen LogP contribution < -0.4 is 16.0 Å². The van der Waals surface area contributed by atoms with Crippen molar-refractivity contribution in [2.75, 3.05) is 6.61 Å². The van der Waals surface area contributed by atoms with Gasteiger partial charge >= 0.3 is 0 Å². The molecule has 0 aliphatic carbocycles. The number of hydrazine groups is 1. The number of hydrogen-bond acceptors (Lipinski definition) is 5. The van der Waals surface area contributed by atoms with Crippen LogP contribution in [0.5, 0.6) is 5.75 Å². The quantitative estimate of drug-likeness (QED) is 0.639. The number of para-hydroxylation sites is 1. The molecular weight excluding hydrogens is 240 g/mol. The molecule has 1 aliphatic rings. The number of nitrogens with one attached hydrogen (secondary N) is 1. The second-order valence-corrected chi connectivity index (χ2v) is 4.62. The van der Waals surface area contributed by atoms with Crippen LogP contribution in [-0.2, 0) is 6.42 Å². The van der Waals surface area contributed by atoms with Crippen LogP contribution in [0, 0.1) is 6.92 Å². The smallest absolute Gasteiger partial charge is 0.127 e. The number of nitrogens with zero attached hydrogens (tertiary/aromatic N) is 2. The lowest BCUT2D eigenvalue weighted by molar-refractivity contribution is 0.350. The number of aromatic nitrogens is 2. The zero-order chi connectivity index (χ0) is 13.2. The molecular formula is C14H16N4O. The Labute approximate surface area is 111 Å². The van der Waals surface area contributed by atoms with Gasteiger partial charge in [0.1, 0.15) is 5.75 Å². The van der Waals surface area contributed by atoms with E-state index in [2.05, 4.69) is 21.5 Å². The summed E-state index contributed by atoms with van der Waals surface area (Å²) in [4.78, 5) is 8.66. The fraction of sp³-hybridized carbons (Fsp3) is 0.286. The van der Waals surface area contributed by atoms with E-state index in [0.29, 0.717) is 0 Å². The summed E-state index contributed by atoms with van der Waals surface area (Å²) in [5, 5.41) is 0. The van der Waals surface area contributed by atoms with E-state index in [0.717, 1.165) is 35.7 Å². The molecule has 0 spiro atoms. The van der Waals surface area contributed by atoms with E-state index >= 15 is 0 Å². The van der Waals surface area contributed by atoms with Crippen LogP contribution in [0.4, 0.5) is 0 Å². The minimum absolute atomic E-state index is 0.207. The molecule has 1 aromatic heterocycles. The summed E-state index contributed by atoms with van der Waals surface area (Å²) in [5.74, 6) is 6.62. The van der Waals surface area contributed by atoms with Crippen LogP contribution in [0.25, 0.3) is 0 Å². The van der Waals surface area contributed by atoms with Crippen molar-refractivity contribution in [1.29, 1.82) is 0 Å². The second-order valence-electron chi connectivity index (χ2n) is 4.62. The molecule has 3 N–H and O–H groups in total. The molecule has 2 aromatic rings. The molecule has 0 amide bonds. The third kappa shape index (κ3) is 2.18. The maximum absolute atomic E-state index is 5.71. The van der Waals surface area contributed by atoms with Gasteiger partial charge in [-0.3, -0.25) is 15.8 Å². The minimum atomic E-state index is -0.207. The number of rotatable bonds is 3. The molecule has 1 aromatic carbocycles. The van der Waals surface area contributed by atoms with Crippen molar-refractivity contribution >= 4 is 0 Å². The standard InChI is InChI=1S/C14H16N4O/c1-9-7-17-12(8-16-9)13(18-15)11-4-2-3-10-5-6-19-14(10)11/h2-4,7-8,13,18H,5-6,15H2,1H3. The van der Waals surface area contributed by atoms with Gasteiger partial charge in [-0.05, 0) is 12.5 Å². The lowest BCUT2D eigenvalue weighted by Crippen LogP contribution is -2.30. The molecule has 19 heavy (non-hydrogen) atoms. The van der Waals surface area contributed by atoms with Crippen molar-refractivity contribution < 1.29 is 4.74 Å². The number of aryl methyl sites for hydroxylation is 1. The summed E-state index contributed by atoms with van der Waals surface area (Å²) in [6.45, 7) is 2.63. The first-order valence-electron chi connectivity index (χ1n) is 6.29. The van der Waals surface area contributed by atoms with Gasteiger partial charge in [-0.1, -0.05) is 18.2 Å². The molecule has 0 fully saturated rings. The molecule has 5 heteroatoms. The van der Waals surface area contributed by atoms with Crippen LogP contribution in [0.3, 0.4) is 0 Å². The van der Waals surface area contributed by atoms with E-state index in [1.165, 1.54) is 5.56 Å². The largest absolute Gasteiger partial charge is 0.493 e. The monoisotopic (exact) mass is 256 g/mol. The van der Waals surface area contributed by atoms with E-state index in [9.17, 15) is 0 Å². The van der Waals surface area contributed by atoms with Gasteiger partial charge in [0, 0.05) is 18.2 Å². The highest BCUT2D eigenvalue weighted by atomic mass is 16.5. The maximum Gasteiger partial charge on any atom is 0.127 e. The number of ether oxygens (including phenoxy) is 1. The van der Waals surface area contributed by atoms with Crippen molar-refractivity contribution in [3.05, 3.63) is 53.1 Å². The van der Waals surface area contributed by atoms with E-state index < -0.39 is 0 Å². The fourth-order valence-corrected chi connectivity index (χ4v) is 2.35. The highest BCUT2D eigenvalue weighted by molar-refractivity contribution is 5.47. The summed E-state index contributed by atoms with van der Waals surface area (Å²) < 4.78 is 5.71. The molecule has 0 saturated heterocycles. The Kier molecular flexibility index (Phi) is 3.15. The van der Waals surface area contributed by atoms with E-state index in [1.54, 1.807) is 12.4 Å². The minimum Gasteiger partial charge on any atom is -0.493 e. The van der Waals surface area contributed by atoms with Crippen molar-refractivity contribution in [3.63, 3.8) is 0 Å². The lowest BCUT2D eigenvalue weighted by atomic mass is 10.00. The average Bonchev–Trinajstić information content (AvgIpc) is 2.91. The van der Waals surface area contributed by atoms with Gasteiger partial charge in [-0.2, -0.15) is 0 Å². The molecule has 2 heterocycles. The summed E-state index contributed by atoms with van der Waals surface area (Å²) in [7, 11) is 0. The van der Waals surface area contributed by atoms with Gasteiger partial charge < -0.3 is 4.74 Å². The van der Waals surface area contributed by atoms with Crippen LogP contribution >= 0.6 is 0 Å². The number of fused-ring (bicyclic) bond motifs is 1. The Morgan fingerprint density at radius 1 is 1.32 bits per heavy atom. The first-order valence-corrected chi connectivity index (χ1v) is 6.29. The topological polar surface area (TPSA) is 73.1 Å². The first-order chi connectivity index (χ1) is 9.29. The van der Waals surface area contributed by atoms with Gasteiger partial charge in [0.05, 0.1) is 30.2 Å². The van der Waals surface area contributed by atoms with Gasteiger partial charge in [0.25, 0.3) is 0 Å². The molecule has 5 nitrogen and oxygen atoms in total. The summed E-state index contributed by atoms with van der Waals surface area (Å²) in [6, 6.07) is 5.91. The van der Waals surface area contributed by atoms with E-state index in [-0.39, 0.29) is 6.04 Å². The van der Waals surface area contributed by atoms with Gasteiger partial charge in [-0.15, -0.1) is 0 Å². The summed E-state index contributed by atoms with van der Waals surface area (Å²) >= 11 is 0.